The normalized spacial score (nSPS) is 11.1. The Hall–Kier alpha value is -3.39. The molecule has 4 rings (SSSR count). The minimum Gasteiger partial charge on any atom is -0.350 e. The van der Waals surface area contributed by atoms with E-state index in [4.69, 9.17) is 0 Å². The molecule has 2 heterocycles. The average Bonchev–Trinajstić information content (AvgIpc) is 3.12. The van der Waals surface area contributed by atoms with Crippen molar-refractivity contribution in [2.75, 3.05) is 0 Å². The van der Waals surface area contributed by atoms with E-state index in [9.17, 15) is 14.0 Å². The Bertz CT molecular complexity index is 1340. The number of rotatable bonds is 5. The predicted molar refractivity (Wildman–Crippen MR) is 120 cm³/mol. The fourth-order valence-corrected chi connectivity index (χ4v) is 4.33. The molecule has 0 unspecified atom stereocenters. The van der Waals surface area contributed by atoms with Crippen LogP contribution in [0.2, 0.25) is 0 Å². The van der Waals surface area contributed by atoms with Gasteiger partial charge in [0.25, 0.3) is 5.56 Å². The van der Waals surface area contributed by atoms with Gasteiger partial charge in [-0.15, -0.1) is 11.3 Å². The van der Waals surface area contributed by atoms with Crippen LogP contribution in [-0.2, 0) is 17.9 Å². The Balaban J connectivity index is 1.67. The van der Waals surface area contributed by atoms with E-state index < -0.39 is 5.56 Å². The summed E-state index contributed by atoms with van der Waals surface area (Å²) in [4.78, 5) is 29.8. The number of hydrogen-bond acceptors (Lipinski definition) is 5. The van der Waals surface area contributed by atoms with E-state index in [-0.39, 0.29) is 24.8 Å². The zero-order valence-corrected chi connectivity index (χ0v) is 18.2. The van der Waals surface area contributed by atoms with Crippen molar-refractivity contribution in [2.45, 2.75) is 33.9 Å². The number of carbonyl (C=O) groups excluding carboxylic acids is 1. The summed E-state index contributed by atoms with van der Waals surface area (Å²) >= 11 is 1.42. The smallest absolute Gasteiger partial charge is 0.294 e. The second-order valence-corrected chi connectivity index (χ2v) is 8.65. The molecule has 31 heavy (non-hydrogen) atoms. The Morgan fingerprint density at radius 3 is 2.58 bits per heavy atom. The first-order valence-electron chi connectivity index (χ1n) is 9.79. The van der Waals surface area contributed by atoms with Crippen LogP contribution < -0.4 is 10.9 Å². The van der Waals surface area contributed by atoms with Gasteiger partial charge in [0.15, 0.2) is 5.52 Å². The molecule has 0 aliphatic carbocycles. The van der Waals surface area contributed by atoms with Crippen LogP contribution in [0, 0.1) is 26.6 Å². The number of amides is 1. The number of nitrogens with zero attached hydrogens (tertiary/aromatic N) is 3. The van der Waals surface area contributed by atoms with Gasteiger partial charge in [0.1, 0.15) is 18.1 Å². The zero-order valence-electron chi connectivity index (χ0n) is 17.4. The number of aromatic nitrogens is 3. The lowest BCUT2D eigenvalue weighted by Crippen LogP contribution is -2.33. The van der Waals surface area contributed by atoms with Gasteiger partial charge in [-0.2, -0.15) is 5.10 Å². The van der Waals surface area contributed by atoms with Gasteiger partial charge in [-0.1, -0.05) is 35.9 Å². The minimum absolute atomic E-state index is 0.232. The summed E-state index contributed by atoms with van der Waals surface area (Å²) < 4.78 is 14.9. The first kappa shape index (κ1) is 20.9. The summed E-state index contributed by atoms with van der Waals surface area (Å²) in [7, 11) is 0. The maximum absolute atomic E-state index is 13.0. The molecular formula is C23H21FN4O2S. The topological polar surface area (TPSA) is 76.9 Å². The summed E-state index contributed by atoms with van der Waals surface area (Å²) in [5.41, 5.74) is 4.39. The van der Waals surface area contributed by atoms with E-state index in [1.165, 1.54) is 23.5 Å². The van der Waals surface area contributed by atoms with E-state index >= 15 is 0 Å². The Kier molecular flexibility index (Phi) is 5.65. The Labute approximate surface area is 182 Å². The van der Waals surface area contributed by atoms with Crippen LogP contribution in [0.3, 0.4) is 0 Å². The number of halogens is 1. The first-order chi connectivity index (χ1) is 14.8. The van der Waals surface area contributed by atoms with Crippen molar-refractivity contribution < 1.29 is 9.18 Å². The molecule has 8 heteroatoms. The third-order valence-electron chi connectivity index (χ3n) is 4.94. The molecule has 0 saturated carbocycles. The van der Waals surface area contributed by atoms with Crippen molar-refractivity contribution in [3.63, 3.8) is 0 Å². The molecular weight excluding hydrogens is 415 g/mol. The van der Waals surface area contributed by atoms with Crippen LogP contribution in [0.5, 0.6) is 0 Å². The summed E-state index contributed by atoms with van der Waals surface area (Å²) in [6, 6.07) is 11.9. The monoisotopic (exact) mass is 436 g/mol. The number of benzene rings is 2. The highest BCUT2D eigenvalue weighted by atomic mass is 32.1. The van der Waals surface area contributed by atoms with Gasteiger partial charge in [0, 0.05) is 12.1 Å². The first-order valence-corrected chi connectivity index (χ1v) is 10.6. The molecule has 0 saturated heterocycles. The van der Waals surface area contributed by atoms with Crippen molar-refractivity contribution in [3.8, 4) is 11.3 Å². The number of carbonyl (C=O) groups is 1. The second kappa shape index (κ2) is 8.39. The SMILES string of the molecule is Cc1ccc(-c2nn(CC(=O)NCc3ccc(F)cc3)c(=O)c3nc(C)sc23)c(C)c1. The van der Waals surface area contributed by atoms with Crippen molar-refractivity contribution in [2.24, 2.45) is 0 Å². The number of nitrogens with one attached hydrogen (secondary N) is 1. The highest BCUT2D eigenvalue weighted by Gasteiger charge is 2.19. The van der Waals surface area contributed by atoms with Crippen LogP contribution >= 0.6 is 11.3 Å². The molecule has 0 fully saturated rings. The van der Waals surface area contributed by atoms with E-state index in [1.807, 2.05) is 32.9 Å². The fourth-order valence-electron chi connectivity index (χ4n) is 3.42. The molecule has 1 amide bonds. The van der Waals surface area contributed by atoms with Gasteiger partial charge in [0.05, 0.1) is 9.71 Å². The van der Waals surface area contributed by atoms with Crippen LogP contribution in [0.25, 0.3) is 21.5 Å². The van der Waals surface area contributed by atoms with Crippen molar-refractivity contribution >= 4 is 27.5 Å². The number of fused-ring (bicyclic) bond motifs is 1. The van der Waals surface area contributed by atoms with Gasteiger partial charge in [-0.25, -0.2) is 14.1 Å². The van der Waals surface area contributed by atoms with Gasteiger partial charge >= 0.3 is 0 Å². The molecule has 0 aliphatic rings. The molecule has 158 valence electrons. The van der Waals surface area contributed by atoms with Crippen LogP contribution in [0.1, 0.15) is 21.7 Å². The highest BCUT2D eigenvalue weighted by molar-refractivity contribution is 7.19. The molecule has 0 bridgehead atoms. The van der Waals surface area contributed by atoms with E-state index in [0.717, 1.165) is 36.6 Å². The molecule has 2 aromatic heterocycles. The summed E-state index contributed by atoms with van der Waals surface area (Å²) in [5.74, 6) is -0.701. The zero-order chi connectivity index (χ0) is 22.1. The molecule has 2 aromatic carbocycles. The third-order valence-corrected chi connectivity index (χ3v) is 5.92. The standard InChI is InChI=1S/C23H21FN4O2S/c1-13-4-9-18(14(2)10-13)20-22-21(26-15(3)31-22)23(30)28(27-20)12-19(29)25-11-16-5-7-17(24)8-6-16/h4-10H,11-12H2,1-3H3,(H,25,29). The summed E-state index contributed by atoms with van der Waals surface area (Å²) in [6.45, 7) is 5.85. The Morgan fingerprint density at radius 2 is 1.87 bits per heavy atom. The molecule has 4 aromatic rings. The quantitative estimate of drug-likeness (QED) is 0.515. The molecule has 0 aliphatic heterocycles. The average molecular weight is 437 g/mol. The predicted octanol–water partition coefficient (Wildman–Crippen LogP) is 3.90. The van der Waals surface area contributed by atoms with Crippen LogP contribution in [0.15, 0.2) is 47.3 Å². The maximum Gasteiger partial charge on any atom is 0.294 e. The molecule has 0 radical (unpaired) electrons. The lowest BCUT2D eigenvalue weighted by Gasteiger charge is -2.11. The summed E-state index contributed by atoms with van der Waals surface area (Å²) in [5, 5.41) is 8.05. The molecule has 0 spiro atoms. The van der Waals surface area contributed by atoms with E-state index in [2.05, 4.69) is 21.5 Å². The van der Waals surface area contributed by atoms with Gasteiger partial charge in [-0.3, -0.25) is 9.59 Å². The Morgan fingerprint density at radius 1 is 1.13 bits per heavy atom. The number of hydrogen-bond donors (Lipinski definition) is 1. The third kappa shape index (κ3) is 4.39. The molecule has 1 N–H and O–H groups in total. The highest BCUT2D eigenvalue weighted by Crippen LogP contribution is 2.31. The lowest BCUT2D eigenvalue weighted by atomic mass is 10.0. The van der Waals surface area contributed by atoms with E-state index in [1.54, 1.807) is 12.1 Å². The van der Waals surface area contributed by atoms with Crippen LogP contribution in [-0.4, -0.2) is 20.7 Å². The second-order valence-electron chi connectivity index (χ2n) is 7.44. The van der Waals surface area contributed by atoms with Crippen molar-refractivity contribution in [1.29, 1.82) is 0 Å². The van der Waals surface area contributed by atoms with Crippen LogP contribution in [0.4, 0.5) is 4.39 Å². The van der Waals surface area contributed by atoms with Crippen molar-refractivity contribution in [3.05, 3.63) is 80.3 Å². The lowest BCUT2D eigenvalue weighted by molar-refractivity contribution is -0.122. The van der Waals surface area contributed by atoms with E-state index in [0.29, 0.717) is 11.2 Å². The van der Waals surface area contributed by atoms with Gasteiger partial charge in [0.2, 0.25) is 5.91 Å². The minimum atomic E-state index is -0.398. The number of aryl methyl sites for hydroxylation is 3. The van der Waals surface area contributed by atoms with Gasteiger partial charge < -0.3 is 5.32 Å². The fraction of sp³-hybridized carbons (Fsp3) is 0.217. The van der Waals surface area contributed by atoms with Crippen molar-refractivity contribution in [1.82, 2.24) is 20.1 Å². The summed E-state index contributed by atoms with van der Waals surface area (Å²) in [6.07, 6.45) is 0. The van der Waals surface area contributed by atoms with Gasteiger partial charge in [-0.05, 0) is 44.0 Å². The number of thiazole rings is 1. The maximum atomic E-state index is 13.0. The largest absolute Gasteiger partial charge is 0.350 e. The molecule has 6 nitrogen and oxygen atoms in total. The molecule has 0 atom stereocenters.